The molecule has 0 spiro atoms. The van der Waals surface area contributed by atoms with E-state index in [1.807, 2.05) is 0 Å². The SMILES string of the molecule is CCCCCCCC[N+](CCCCCCCC)(CCCCCCCC)Cc1ccc(C(CC(C)(C)C)C(C)(C)C)cc1. The van der Waals surface area contributed by atoms with Crippen molar-refractivity contribution in [2.75, 3.05) is 19.6 Å². The fraction of sp³-hybridized carbons (Fsp3) is 0.854. The number of rotatable bonds is 25. The topological polar surface area (TPSA) is 0 Å². The molecule has 0 aromatic heterocycles. The van der Waals surface area contributed by atoms with E-state index in [-0.39, 0.29) is 5.41 Å². The van der Waals surface area contributed by atoms with Crippen LogP contribution in [0.25, 0.3) is 0 Å². The van der Waals surface area contributed by atoms with Gasteiger partial charge in [-0.3, -0.25) is 0 Å². The third-order valence-electron chi connectivity index (χ3n) is 9.72. The summed E-state index contributed by atoms with van der Waals surface area (Å²) in [6.45, 7) is 26.9. The first-order chi connectivity index (χ1) is 20.0. The molecule has 0 saturated carbocycles. The summed E-state index contributed by atoms with van der Waals surface area (Å²) < 4.78 is 1.33. The Labute approximate surface area is 266 Å². The van der Waals surface area contributed by atoms with Crippen LogP contribution in [0.2, 0.25) is 0 Å². The van der Waals surface area contributed by atoms with Crippen molar-refractivity contribution in [1.82, 2.24) is 0 Å². The molecule has 0 aliphatic heterocycles. The molecule has 0 heterocycles. The molecule has 0 amide bonds. The quantitative estimate of drug-likeness (QED) is 0.0792. The number of quaternary nitrogens is 1. The van der Waals surface area contributed by atoms with E-state index in [1.54, 1.807) is 11.1 Å². The lowest BCUT2D eigenvalue weighted by Gasteiger charge is -2.40. The van der Waals surface area contributed by atoms with E-state index in [1.165, 1.54) is 153 Å². The van der Waals surface area contributed by atoms with Crippen LogP contribution in [0.3, 0.4) is 0 Å². The molecule has 1 unspecified atom stereocenters. The molecule has 0 saturated heterocycles. The Morgan fingerprint density at radius 3 is 1.19 bits per heavy atom. The summed E-state index contributed by atoms with van der Waals surface area (Å²) in [5, 5.41) is 0. The predicted octanol–water partition coefficient (Wildman–Crippen LogP) is 13.7. The van der Waals surface area contributed by atoms with Crippen LogP contribution in [-0.2, 0) is 6.54 Å². The molecule has 42 heavy (non-hydrogen) atoms. The highest BCUT2D eigenvalue weighted by Crippen LogP contribution is 2.43. The molecular weight excluding hydrogens is 506 g/mol. The molecule has 1 aromatic rings. The number of unbranched alkanes of at least 4 members (excludes halogenated alkanes) is 15. The van der Waals surface area contributed by atoms with E-state index in [0.717, 1.165) is 0 Å². The zero-order chi connectivity index (χ0) is 31.3. The lowest BCUT2D eigenvalue weighted by atomic mass is 9.69. The standard InChI is InChI=1S/C41H78N/c1-10-13-16-19-22-25-32-42(33-26-23-20-17-14-11-2,34-27-24-21-18-15-12-3)36-37-28-30-38(31-29-37)39(41(7,8)9)35-40(4,5)6/h28-31,39H,10-27,32-36H2,1-9H3/q+1. The van der Waals surface area contributed by atoms with Crippen molar-refractivity contribution in [2.45, 2.75) is 197 Å². The highest BCUT2D eigenvalue weighted by Gasteiger charge is 2.31. The summed E-state index contributed by atoms with van der Waals surface area (Å²) in [5.74, 6) is 0.597. The van der Waals surface area contributed by atoms with Crippen molar-refractivity contribution in [3.05, 3.63) is 35.4 Å². The van der Waals surface area contributed by atoms with E-state index in [2.05, 4.69) is 86.6 Å². The second-order valence-corrected chi connectivity index (χ2v) is 16.4. The Balaban J connectivity index is 3.11. The lowest BCUT2D eigenvalue weighted by molar-refractivity contribution is -0.941. The van der Waals surface area contributed by atoms with Crippen LogP contribution in [0, 0.1) is 10.8 Å². The van der Waals surface area contributed by atoms with Crippen LogP contribution in [0.5, 0.6) is 0 Å². The normalized spacial score (nSPS) is 13.5. The lowest BCUT2D eigenvalue weighted by Crippen LogP contribution is -2.49. The molecule has 0 N–H and O–H groups in total. The van der Waals surface area contributed by atoms with E-state index >= 15 is 0 Å². The van der Waals surface area contributed by atoms with E-state index < -0.39 is 0 Å². The fourth-order valence-electron chi connectivity index (χ4n) is 7.03. The highest BCUT2D eigenvalue weighted by molar-refractivity contribution is 5.26. The molecule has 1 heteroatoms. The molecule has 1 rings (SSSR count). The Kier molecular flexibility index (Phi) is 20.4. The minimum atomic E-state index is 0.280. The van der Waals surface area contributed by atoms with Gasteiger partial charge < -0.3 is 4.48 Å². The number of hydrogen-bond donors (Lipinski definition) is 0. The summed E-state index contributed by atoms with van der Waals surface area (Å²) in [6.07, 6.45) is 26.6. The second-order valence-electron chi connectivity index (χ2n) is 16.4. The van der Waals surface area contributed by atoms with Crippen molar-refractivity contribution < 1.29 is 4.48 Å². The Hall–Kier alpha value is -0.820. The van der Waals surface area contributed by atoms with Gasteiger partial charge >= 0.3 is 0 Å². The number of nitrogens with zero attached hydrogens (tertiary/aromatic N) is 1. The third-order valence-corrected chi connectivity index (χ3v) is 9.72. The molecule has 0 radical (unpaired) electrons. The number of hydrogen-bond acceptors (Lipinski definition) is 0. The maximum Gasteiger partial charge on any atom is 0.104 e. The maximum absolute atomic E-state index is 2.52. The molecule has 1 atom stereocenters. The van der Waals surface area contributed by atoms with Crippen molar-refractivity contribution in [3.63, 3.8) is 0 Å². The van der Waals surface area contributed by atoms with Crippen LogP contribution in [0.4, 0.5) is 0 Å². The summed E-state index contributed by atoms with van der Waals surface area (Å²) in [6, 6.07) is 10.1. The Morgan fingerprint density at radius 1 is 0.500 bits per heavy atom. The van der Waals surface area contributed by atoms with Crippen LogP contribution in [-0.4, -0.2) is 24.1 Å². The van der Waals surface area contributed by atoms with Gasteiger partial charge in [0.25, 0.3) is 0 Å². The average molecular weight is 585 g/mol. The van der Waals surface area contributed by atoms with E-state index in [4.69, 9.17) is 0 Å². The van der Waals surface area contributed by atoms with Crippen molar-refractivity contribution in [1.29, 1.82) is 0 Å². The largest absolute Gasteiger partial charge is 0.320 e. The number of benzene rings is 1. The zero-order valence-corrected chi connectivity index (χ0v) is 30.6. The Bertz CT molecular complexity index is 706. The summed E-state index contributed by atoms with van der Waals surface area (Å²) in [7, 11) is 0. The van der Waals surface area contributed by atoms with Gasteiger partial charge in [0.1, 0.15) is 6.54 Å². The van der Waals surface area contributed by atoms with Gasteiger partial charge in [0.2, 0.25) is 0 Å². The minimum absolute atomic E-state index is 0.280. The van der Waals surface area contributed by atoms with Crippen LogP contribution in [0.1, 0.15) is 201 Å². The molecule has 0 aliphatic rings. The molecule has 1 nitrogen and oxygen atoms in total. The Morgan fingerprint density at radius 2 is 0.857 bits per heavy atom. The van der Waals surface area contributed by atoms with Crippen LogP contribution < -0.4 is 0 Å². The smallest absolute Gasteiger partial charge is 0.104 e. The molecule has 1 aromatic carbocycles. The van der Waals surface area contributed by atoms with Crippen molar-refractivity contribution >= 4 is 0 Å². The fourth-order valence-corrected chi connectivity index (χ4v) is 7.03. The molecule has 0 fully saturated rings. The van der Waals surface area contributed by atoms with Crippen LogP contribution >= 0.6 is 0 Å². The van der Waals surface area contributed by atoms with Gasteiger partial charge in [0, 0.05) is 5.56 Å². The molecule has 246 valence electrons. The molecular formula is C41H78N+. The van der Waals surface area contributed by atoms with E-state index in [9.17, 15) is 0 Å². The highest BCUT2D eigenvalue weighted by atomic mass is 15.3. The summed E-state index contributed by atoms with van der Waals surface area (Å²) in [5.41, 5.74) is 3.74. The second kappa shape index (κ2) is 21.8. The first-order valence-corrected chi connectivity index (χ1v) is 18.9. The average Bonchev–Trinajstić information content (AvgIpc) is 2.92. The van der Waals surface area contributed by atoms with Gasteiger partial charge in [-0.05, 0) is 67.3 Å². The van der Waals surface area contributed by atoms with Gasteiger partial charge in [0.05, 0.1) is 19.6 Å². The van der Waals surface area contributed by atoms with Crippen molar-refractivity contribution in [3.8, 4) is 0 Å². The predicted molar refractivity (Wildman–Crippen MR) is 191 cm³/mol. The third kappa shape index (κ3) is 18.1. The monoisotopic (exact) mass is 585 g/mol. The van der Waals surface area contributed by atoms with E-state index in [0.29, 0.717) is 11.3 Å². The van der Waals surface area contributed by atoms with Crippen LogP contribution in [0.15, 0.2) is 24.3 Å². The van der Waals surface area contributed by atoms with Crippen molar-refractivity contribution in [2.24, 2.45) is 10.8 Å². The molecule has 0 aliphatic carbocycles. The first kappa shape index (κ1) is 39.2. The minimum Gasteiger partial charge on any atom is -0.320 e. The molecule has 0 bridgehead atoms. The first-order valence-electron chi connectivity index (χ1n) is 18.9. The zero-order valence-electron chi connectivity index (χ0n) is 30.6. The van der Waals surface area contributed by atoms with Gasteiger partial charge in [-0.25, -0.2) is 0 Å². The van der Waals surface area contributed by atoms with Gasteiger partial charge in [0.15, 0.2) is 0 Å². The van der Waals surface area contributed by atoms with Gasteiger partial charge in [-0.15, -0.1) is 0 Å². The summed E-state index contributed by atoms with van der Waals surface area (Å²) in [4.78, 5) is 0. The summed E-state index contributed by atoms with van der Waals surface area (Å²) >= 11 is 0. The van der Waals surface area contributed by atoms with Gasteiger partial charge in [-0.2, -0.15) is 0 Å². The maximum atomic E-state index is 2.52. The van der Waals surface area contributed by atoms with Gasteiger partial charge in [-0.1, -0.05) is 164 Å².